The third-order valence-corrected chi connectivity index (χ3v) is 4.03. The largest absolute Gasteiger partial charge is 0.496 e. The van der Waals surface area contributed by atoms with Crippen LogP contribution in [0, 0.1) is 5.92 Å². The summed E-state index contributed by atoms with van der Waals surface area (Å²) < 4.78 is 5.31. The lowest BCUT2D eigenvalue weighted by Gasteiger charge is -2.25. The van der Waals surface area contributed by atoms with Crippen LogP contribution in [0.3, 0.4) is 0 Å². The zero-order valence-corrected chi connectivity index (χ0v) is 12.4. The van der Waals surface area contributed by atoms with E-state index < -0.39 is 6.10 Å². The van der Waals surface area contributed by atoms with Gasteiger partial charge in [0.15, 0.2) is 0 Å². The summed E-state index contributed by atoms with van der Waals surface area (Å²) in [4.78, 5) is 2.41. The summed E-state index contributed by atoms with van der Waals surface area (Å²) in [7, 11) is 1.60. The van der Waals surface area contributed by atoms with Gasteiger partial charge < -0.3 is 14.7 Å². The number of ether oxygens (including phenoxy) is 1. The highest BCUT2D eigenvalue weighted by molar-refractivity contribution is 6.30. The Bertz CT molecular complexity index is 419. The van der Waals surface area contributed by atoms with Crippen LogP contribution >= 0.6 is 11.6 Å². The number of benzene rings is 1. The van der Waals surface area contributed by atoms with Gasteiger partial charge in [-0.05, 0) is 44.0 Å². The molecule has 1 fully saturated rings. The molecule has 2 rings (SSSR count). The monoisotopic (exact) mass is 283 g/mol. The first-order valence-corrected chi connectivity index (χ1v) is 7.23. The molecule has 3 nitrogen and oxygen atoms in total. The Morgan fingerprint density at radius 2 is 2.05 bits per heavy atom. The van der Waals surface area contributed by atoms with Crippen molar-refractivity contribution in [2.24, 2.45) is 5.92 Å². The molecule has 1 saturated heterocycles. The van der Waals surface area contributed by atoms with E-state index in [0.29, 0.717) is 10.8 Å². The normalized spacial score (nSPS) is 19.4. The molecular formula is C15H22ClNO2. The SMILES string of the molecule is COc1cc(Cl)ccc1C(O)C(C)CN1CCCC1. The summed E-state index contributed by atoms with van der Waals surface area (Å²) in [5.41, 5.74) is 0.818. The number of halogens is 1. The van der Waals surface area contributed by atoms with E-state index in [2.05, 4.69) is 11.8 Å². The molecule has 4 heteroatoms. The number of aliphatic hydroxyl groups is 1. The summed E-state index contributed by atoms with van der Waals surface area (Å²) in [6, 6.07) is 5.40. The summed E-state index contributed by atoms with van der Waals surface area (Å²) in [5, 5.41) is 11.1. The topological polar surface area (TPSA) is 32.7 Å². The van der Waals surface area contributed by atoms with Crippen LogP contribution in [0.5, 0.6) is 5.75 Å². The van der Waals surface area contributed by atoms with Gasteiger partial charge in [0.1, 0.15) is 5.75 Å². The molecule has 0 amide bonds. The standard InChI is InChI=1S/C15H22ClNO2/c1-11(10-17-7-3-4-8-17)15(18)13-6-5-12(16)9-14(13)19-2/h5-6,9,11,15,18H,3-4,7-8,10H2,1-2H3. The van der Waals surface area contributed by atoms with Gasteiger partial charge in [0.05, 0.1) is 13.2 Å². The van der Waals surface area contributed by atoms with Crippen LogP contribution in [-0.2, 0) is 0 Å². The molecule has 0 aromatic heterocycles. The lowest BCUT2D eigenvalue weighted by Crippen LogP contribution is -2.28. The zero-order valence-electron chi connectivity index (χ0n) is 11.6. The fourth-order valence-electron chi connectivity index (χ4n) is 2.71. The van der Waals surface area contributed by atoms with Gasteiger partial charge in [-0.3, -0.25) is 0 Å². The van der Waals surface area contributed by atoms with Gasteiger partial charge in [-0.1, -0.05) is 24.6 Å². The summed E-state index contributed by atoms with van der Waals surface area (Å²) in [6.45, 7) is 5.30. The molecule has 0 spiro atoms. The molecule has 1 aromatic rings. The minimum Gasteiger partial charge on any atom is -0.496 e. The summed E-state index contributed by atoms with van der Waals surface area (Å²) in [5.74, 6) is 0.835. The van der Waals surface area contributed by atoms with Crippen molar-refractivity contribution in [1.82, 2.24) is 4.90 Å². The van der Waals surface area contributed by atoms with Crippen LogP contribution in [0.4, 0.5) is 0 Å². The highest BCUT2D eigenvalue weighted by atomic mass is 35.5. The fraction of sp³-hybridized carbons (Fsp3) is 0.600. The molecule has 1 aromatic carbocycles. The van der Waals surface area contributed by atoms with Gasteiger partial charge in [0.25, 0.3) is 0 Å². The molecule has 2 unspecified atom stereocenters. The highest BCUT2D eigenvalue weighted by Crippen LogP contribution is 2.32. The van der Waals surface area contributed by atoms with E-state index in [1.165, 1.54) is 12.8 Å². The van der Waals surface area contributed by atoms with E-state index in [9.17, 15) is 5.11 Å². The molecule has 0 saturated carbocycles. The molecule has 19 heavy (non-hydrogen) atoms. The quantitative estimate of drug-likeness (QED) is 0.901. The number of aliphatic hydroxyl groups excluding tert-OH is 1. The minimum absolute atomic E-state index is 0.174. The maximum Gasteiger partial charge on any atom is 0.126 e. The number of hydrogen-bond acceptors (Lipinski definition) is 3. The summed E-state index contributed by atoms with van der Waals surface area (Å²) in [6.07, 6.45) is 2.02. The van der Waals surface area contributed by atoms with Gasteiger partial charge in [-0.25, -0.2) is 0 Å². The van der Waals surface area contributed by atoms with Gasteiger partial charge in [-0.2, -0.15) is 0 Å². The second-order valence-corrected chi connectivity index (χ2v) is 5.75. The van der Waals surface area contributed by atoms with Crippen molar-refractivity contribution in [2.75, 3.05) is 26.7 Å². The van der Waals surface area contributed by atoms with Crippen molar-refractivity contribution in [3.8, 4) is 5.75 Å². The van der Waals surface area contributed by atoms with Crippen LogP contribution in [0.1, 0.15) is 31.4 Å². The average Bonchev–Trinajstić information content (AvgIpc) is 2.90. The van der Waals surface area contributed by atoms with E-state index >= 15 is 0 Å². The molecule has 0 radical (unpaired) electrons. The highest BCUT2D eigenvalue weighted by Gasteiger charge is 2.23. The van der Waals surface area contributed by atoms with Crippen molar-refractivity contribution in [3.05, 3.63) is 28.8 Å². The van der Waals surface area contributed by atoms with Crippen molar-refractivity contribution in [1.29, 1.82) is 0 Å². The van der Waals surface area contributed by atoms with Gasteiger partial charge in [-0.15, -0.1) is 0 Å². The smallest absolute Gasteiger partial charge is 0.126 e. The molecule has 2 atom stereocenters. The predicted molar refractivity (Wildman–Crippen MR) is 77.8 cm³/mol. The van der Waals surface area contributed by atoms with Gasteiger partial charge >= 0.3 is 0 Å². The van der Waals surface area contributed by atoms with Crippen molar-refractivity contribution >= 4 is 11.6 Å². The molecule has 1 N–H and O–H groups in total. The zero-order chi connectivity index (χ0) is 13.8. The van der Waals surface area contributed by atoms with E-state index in [1.807, 2.05) is 6.07 Å². The van der Waals surface area contributed by atoms with E-state index in [0.717, 1.165) is 25.2 Å². The van der Waals surface area contributed by atoms with Crippen LogP contribution in [0.2, 0.25) is 5.02 Å². The first-order valence-electron chi connectivity index (χ1n) is 6.85. The molecule has 106 valence electrons. The first-order chi connectivity index (χ1) is 9.11. The third kappa shape index (κ3) is 3.62. The fourth-order valence-corrected chi connectivity index (χ4v) is 2.87. The Kier molecular flexibility index (Phi) is 5.08. The van der Waals surface area contributed by atoms with Crippen LogP contribution in [0.25, 0.3) is 0 Å². The van der Waals surface area contributed by atoms with E-state index in [1.54, 1.807) is 19.2 Å². The van der Waals surface area contributed by atoms with Gasteiger partial charge in [0, 0.05) is 17.1 Å². The van der Waals surface area contributed by atoms with Gasteiger partial charge in [0.2, 0.25) is 0 Å². The second-order valence-electron chi connectivity index (χ2n) is 5.32. The summed E-state index contributed by atoms with van der Waals surface area (Å²) >= 11 is 5.95. The van der Waals surface area contributed by atoms with Crippen LogP contribution < -0.4 is 4.74 Å². The van der Waals surface area contributed by atoms with Crippen LogP contribution in [0.15, 0.2) is 18.2 Å². The number of likely N-dealkylation sites (tertiary alicyclic amines) is 1. The minimum atomic E-state index is -0.521. The Balaban J connectivity index is 2.07. The maximum absolute atomic E-state index is 10.5. The lowest BCUT2D eigenvalue weighted by atomic mass is 9.96. The molecular weight excluding hydrogens is 262 g/mol. The molecule has 1 heterocycles. The Morgan fingerprint density at radius 3 is 2.68 bits per heavy atom. The molecule has 0 bridgehead atoms. The Morgan fingerprint density at radius 1 is 1.37 bits per heavy atom. The van der Waals surface area contributed by atoms with Crippen LogP contribution in [-0.4, -0.2) is 36.8 Å². The van der Waals surface area contributed by atoms with Crippen molar-refractivity contribution in [2.45, 2.75) is 25.9 Å². The number of hydrogen-bond donors (Lipinski definition) is 1. The van der Waals surface area contributed by atoms with Crippen molar-refractivity contribution < 1.29 is 9.84 Å². The lowest BCUT2D eigenvalue weighted by molar-refractivity contribution is 0.0922. The first kappa shape index (κ1) is 14.6. The van der Waals surface area contributed by atoms with E-state index in [-0.39, 0.29) is 5.92 Å². The van der Waals surface area contributed by atoms with Crippen molar-refractivity contribution in [3.63, 3.8) is 0 Å². The molecule has 1 aliphatic rings. The Labute approximate surface area is 120 Å². The van der Waals surface area contributed by atoms with E-state index in [4.69, 9.17) is 16.3 Å². The average molecular weight is 284 g/mol. The Hall–Kier alpha value is -0.770. The number of methoxy groups -OCH3 is 1. The maximum atomic E-state index is 10.5. The number of nitrogens with zero attached hydrogens (tertiary/aromatic N) is 1. The third-order valence-electron chi connectivity index (χ3n) is 3.80. The predicted octanol–water partition coefficient (Wildman–Crippen LogP) is 3.11. The number of rotatable bonds is 5. The molecule has 0 aliphatic carbocycles. The second kappa shape index (κ2) is 6.60. The molecule has 1 aliphatic heterocycles.